The number of aromatic carboxylic acids is 1. The van der Waals surface area contributed by atoms with Gasteiger partial charge in [0.2, 0.25) is 0 Å². The molecule has 0 fully saturated rings. The molecule has 0 spiro atoms. The number of benzene rings is 2. The van der Waals surface area contributed by atoms with Crippen molar-refractivity contribution in [1.29, 1.82) is 0 Å². The maximum Gasteiger partial charge on any atom is 0.168 e. The summed E-state index contributed by atoms with van der Waals surface area (Å²) in [6.07, 6.45) is 3.12. The minimum atomic E-state index is -1.23. The van der Waals surface area contributed by atoms with Gasteiger partial charge >= 0.3 is 0 Å². The lowest BCUT2D eigenvalue weighted by molar-refractivity contribution is -0.255. The zero-order valence-electron chi connectivity index (χ0n) is 13.9. The highest BCUT2D eigenvalue weighted by Gasteiger charge is 2.11. The minimum absolute atomic E-state index is 0.0932. The number of carboxylic acid groups (broad SMARTS) is 1. The molecule has 1 N–H and O–H groups in total. The summed E-state index contributed by atoms with van der Waals surface area (Å²) in [7, 11) is 0. The molecule has 7 heteroatoms. The van der Waals surface area contributed by atoms with E-state index in [1.807, 2.05) is 31.2 Å². The number of carbonyl (C=O) groups is 1. The van der Waals surface area contributed by atoms with Crippen LogP contribution in [0, 0.1) is 6.92 Å². The molecule has 2 aromatic heterocycles. The molecular formula is C19H14N5O2-. The van der Waals surface area contributed by atoms with E-state index < -0.39 is 5.97 Å². The second-order valence-corrected chi connectivity index (χ2v) is 5.84. The van der Waals surface area contributed by atoms with Gasteiger partial charge in [-0.05, 0) is 36.8 Å². The van der Waals surface area contributed by atoms with Crippen LogP contribution in [0.1, 0.15) is 15.9 Å². The molecule has 128 valence electrons. The predicted octanol–water partition coefficient (Wildman–Crippen LogP) is 2.23. The Labute approximate surface area is 149 Å². The highest BCUT2D eigenvalue weighted by Crippen LogP contribution is 2.25. The topological polar surface area (TPSA) is 95.8 Å². The van der Waals surface area contributed by atoms with Crippen molar-refractivity contribution in [2.45, 2.75) is 6.92 Å². The molecule has 0 radical (unpaired) electrons. The van der Waals surface area contributed by atoms with Crippen molar-refractivity contribution in [3.05, 3.63) is 72.2 Å². The van der Waals surface area contributed by atoms with E-state index in [0.717, 1.165) is 16.6 Å². The van der Waals surface area contributed by atoms with Gasteiger partial charge in [-0.15, -0.1) is 0 Å². The summed E-state index contributed by atoms with van der Waals surface area (Å²) in [5, 5.41) is 19.3. The van der Waals surface area contributed by atoms with E-state index in [0.29, 0.717) is 17.2 Å². The highest BCUT2D eigenvalue weighted by molar-refractivity contribution is 5.91. The summed E-state index contributed by atoms with van der Waals surface area (Å²) < 4.78 is 1.74. The van der Waals surface area contributed by atoms with Crippen molar-refractivity contribution in [1.82, 2.24) is 19.7 Å². The van der Waals surface area contributed by atoms with Crippen molar-refractivity contribution in [3.8, 4) is 5.69 Å². The van der Waals surface area contributed by atoms with Crippen molar-refractivity contribution in [3.63, 3.8) is 0 Å². The van der Waals surface area contributed by atoms with Crippen LogP contribution in [0.25, 0.3) is 16.7 Å². The van der Waals surface area contributed by atoms with E-state index in [-0.39, 0.29) is 5.56 Å². The zero-order chi connectivity index (χ0) is 18.1. The first-order valence-electron chi connectivity index (χ1n) is 7.96. The quantitative estimate of drug-likeness (QED) is 0.610. The van der Waals surface area contributed by atoms with E-state index in [4.69, 9.17) is 0 Å². The van der Waals surface area contributed by atoms with Crippen LogP contribution in [0.2, 0.25) is 0 Å². The number of carbonyl (C=O) groups excluding carboxylic acids is 1. The Morgan fingerprint density at radius 1 is 1.12 bits per heavy atom. The van der Waals surface area contributed by atoms with Crippen molar-refractivity contribution in [2.24, 2.45) is 0 Å². The van der Waals surface area contributed by atoms with Gasteiger partial charge in [-0.3, -0.25) is 0 Å². The predicted molar refractivity (Wildman–Crippen MR) is 95.5 cm³/mol. The van der Waals surface area contributed by atoms with E-state index in [1.165, 1.54) is 18.5 Å². The Kier molecular flexibility index (Phi) is 3.81. The van der Waals surface area contributed by atoms with Gasteiger partial charge in [0.15, 0.2) is 5.65 Å². The third kappa shape index (κ3) is 2.86. The van der Waals surface area contributed by atoms with Crippen LogP contribution in [-0.4, -0.2) is 25.7 Å². The number of hydrogen-bond acceptors (Lipinski definition) is 6. The Hall–Kier alpha value is -3.74. The standard InChI is InChI=1S/C19H15N5O2/c1-12-5-7-15(8-6-12)24-18-16(10-22-24)17(20-11-21-18)23-14-4-2-3-13(9-14)19(25)26/h2-11H,1H3,(H,25,26)(H,20,21,23)/p-1. The number of aromatic nitrogens is 4. The molecule has 0 bridgehead atoms. The zero-order valence-corrected chi connectivity index (χ0v) is 13.9. The van der Waals surface area contributed by atoms with Crippen molar-refractivity contribution >= 4 is 28.5 Å². The van der Waals surface area contributed by atoms with Crippen LogP contribution >= 0.6 is 0 Å². The first-order valence-corrected chi connectivity index (χ1v) is 7.96. The van der Waals surface area contributed by atoms with Crippen LogP contribution in [0.15, 0.2) is 61.1 Å². The third-order valence-electron chi connectivity index (χ3n) is 4.01. The van der Waals surface area contributed by atoms with Gasteiger partial charge < -0.3 is 15.2 Å². The molecular weight excluding hydrogens is 330 g/mol. The molecule has 26 heavy (non-hydrogen) atoms. The first-order chi connectivity index (χ1) is 12.6. The first kappa shape index (κ1) is 15.8. The molecule has 2 aromatic carbocycles. The lowest BCUT2D eigenvalue weighted by Gasteiger charge is -2.09. The van der Waals surface area contributed by atoms with Crippen LogP contribution in [-0.2, 0) is 0 Å². The summed E-state index contributed by atoms with van der Waals surface area (Å²) >= 11 is 0. The van der Waals surface area contributed by atoms with Gasteiger partial charge in [-0.2, -0.15) is 5.10 Å². The number of hydrogen-bond donors (Lipinski definition) is 1. The van der Waals surface area contributed by atoms with Crippen LogP contribution in [0.4, 0.5) is 11.5 Å². The average molecular weight is 344 g/mol. The smallest absolute Gasteiger partial charge is 0.168 e. The molecule has 0 saturated carbocycles. The Morgan fingerprint density at radius 2 is 1.92 bits per heavy atom. The molecule has 0 aliphatic rings. The molecule has 0 aliphatic heterocycles. The highest BCUT2D eigenvalue weighted by atomic mass is 16.4. The number of nitrogens with one attached hydrogen (secondary N) is 1. The number of fused-ring (bicyclic) bond motifs is 1. The lowest BCUT2D eigenvalue weighted by Crippen LogP contribution is -2.22. The van der Waals surface area contributed by atoms with Crippen molar-refractivity contribution in [2.75, 3.05) is 5.32 Å². The van der Waals surface area contributed by atoms with Crippen LogP contribution in [0.5, 0.6) is 0 Å². The van der Waals surface area contributed by atoms with Crippen LogP contribution < -0.4 is 10.4 Å². The summed E-state index contributed by atoms with van der Waals surface area (Å²) in [4.78, 5) is 19.6. The number of nitrogens with zero attached hydrogens (tertiary/aromatic N) is 4. The SMILES string of the molecule is Cc1ccc(-n2ncc3c(Nc4cccc(C(=O)[O-])c4)ncnc32)cc1. The molecule has 0 atom stereocenters. The second-order valence-electron chi connectivity index (χ2n) is 5.84. The Bertz CT molecular complexity index is 1100. The molecule has 0 aliphatic carbocycles. The third-order valence-corrected chi connectivity index (χ3v) is 4.01. The fourth-order valence-electron chi connectivity index (χ4n) is 2.68. The number of anilines is 2. The molecule has 4 rings (SSSR count). The van der Waals surface area contributed by atoms with Gasteiger partial charge in [-0.1, -0.05) is 29.8 Å². The lowest BCUT2D eigenvalue weighted by atomic mass is 10.2. The molecule has 0 amide bonds. The van der Waals surface area contributed by atoms with E-state index in [2.05, 4.69) is 20.4 Å². The number of carboxylic acids is 1. The van der Waals surface area contributed by atoms with E-state index in [9.17, 15) is 9.90 Å². The molecule has 4 aromatic rings. The van der Waals surface area contributed by atoms with E-state index in [1.54, 1.807) is 23.0 Å². The fourth-order valence-corrected chi connectivity index (χ4v) is 2.68. The largest absolute Gasteiger partial charge is 0.545 e. The van der Waals surface area contributed by atoms with Gasteiger partial charge in [0.25, 0.3) is 0 Å². The van der Waals surface area contributed by atoms with E-state index >= 15 is 0 Å². The second kappa shape index (κ2) is 6.29. The van der Waals surface area contributed by atoms with Crippen LogP contribution in [0.3, 0.4) is 0 Å². The Balaban J connectivity index is 1.74. The van der Waals surface area contributed by atoms with Gasteiger partial charge in [0.1, 0.15) is 12.1 Å². The number of rotatable bonds is 4. The summed E-state index contributed by atoms with van der Waals surface area (Å²) in [6, 6.07) is 14.3. The fraction of sp³-hybridized carbons (Fsp3) is 0.0526. The summed E-state index contributed by atoms with van der Waals surface area (Å²) in [6.45, 7) is 2.02. The maximum absolute atomic E-state index is 11.0. The molecule has 7 nitrogen and oxygen atoms in total. The molecule has 0 saturated heterocycles. The average Bonchev–Trinajstić information content (AvgIpc) is 3.08. The van der Waals surface area contributed by atoms with Crippen molar-refractivity contribution < 1.29 is 9.90 Å². The minimum Gasteiger partial charge on any atom is -0.545 e. The molecule has 0 unspecified atom stereocenters. The monoisotopic (exact) mass is 344 g/mol. The van der Waals surface area contributed by atoms with Gasteiger partial charge in [0, 0.05) is 5.69 Å². The normalized spacial score (nSPS) is 10.8. The maximum atomic E-state index is 11.0. The summed E-state index contributed by atoms with van der Waals surface area (Å²) in [5.41, 5.74) is 3.40. The number of aryl methyl sites for hydroxylation is 1. The Morgan fingerprint density at radius 3 is 2.69 bits per heavy atom. The van der Waals surface area contributed by atoms with Gasteiger partial charge in [0.05, 0.1) is 23.2 Å². The van der Waals surface area contributed by atoms with Gasteiger partial charge in [-0.25, -0.2) is 14.6 Å². The summed E-state index contributed by atoms with van der Waals surface area (Å²) in [5.74, 6) is -0.683. The molecule has 2 heterocycles.